The highest BCUT2D eigenvalue weighted by Crippen LogP contribution is 2.40. The minimum Gasteiger partial charge on any atom is -0.391 e. The molecular weight excluding hydrogens is 186 g/mol. The SMILES string of the molecule is CCC(C)N(CC)C1CCC(C)(C)C1O. The number of rotatable bonds is 4. The molecule has 0 spiro atoms. The number of hydrogen-bond acceptors (Lipinski definition) is 2. The van der Waals surface area contributed by atoms with Crippen molar-refractivity contribution in [2.75, 3.05) is 6.54 Å². The summed E-state index contributed by atoms with van der Waals surface area (Å²) in [5.74, 6) is 0. The predicted octanol–water partition coefficient (Wildman–Crippen LogP) is 2.66. The molecule has 0 aromatic rings. The summed E-state index contributed by atoms with van der Waals surface area (Å²) in [6.07, 6.45) is 3.29. The van der Waals surface area contributed by atoms with E-state index in [9.17, 15) is 5.11 Å². The lowest BCUT2D eigenvalue weighted by Gasteiger charge is -2.37. The van der Waals surface area contributed by atoms with Gasteiger partial charge in [-0.15, -0.1) is 0 Å². The molecule has 1 N–H and O–H groups in total. The fraction of sp³-hybridized carbons (Fsp3) is 1.00. The van der Waals surface area contributed by atoms with E-state index in [1.807, 2.05) is 0 Å². The van der Waals surface area contributed by atoms with E-state index in [1.165, 1.54) is 0 Å². The lowest BCUT2D eigenvalue weighted by molar-refractivity contribution is 0.00255. The average molecular weight is 213 g/mol. The van der Waals surface area contributed by atoms with Crippen molar-refractivity contribution in [3.63, 3.8) is 0 Å². The third kappa shape index (κ3) is 2.54. The standard InChI is InChI=1S/C13H27NO/c1-6-10(3)14(7-2)11-8-9-13(4,5)12(11)15/h10-12,15H,6-9H2,1-5H3. The quantitative estimate of drug-likeness (QED) is 0.776. The molecule has 2 nitrogen and oxygen atoms in total. The summed E-state index contributed by atoms with van der Waals surface area (Å²) in [4.78, 5) is 2.47. The molecular formula is C13H27NO. The van der Waals surface area contributed by atoms with Gasteiger partial charge in [0, 0.05) is 12.1 Å². The summed E-state index contributed by atoms with van der Waals surface area (Å²) < 4.78 is 0. The normalized spacial score (nSPS) is 32.2. The molecule has 0 aromatic heterocycles. The van der Waals surface area contributed by atoms with Crippen LogP contribution in [0.2, 0.25) is 0 Å². The van der Waals surface area contributed by atoms with Gasteiger partial charge in [0.25, 0.3) is 0 Å². The third-order valence-corrected chi connectivity index (χ3v) is 4.20. The molecule has 2 heteroatoms. The van der Waals surface area contributed by atoms with E-state index in [0.717, 1.165) is 25.8 Å². The van der Waals surface area contributed by atoms with Gasteiger partial charge < -0.3 is 5.11 Å². The molecule has 1 saturated carbocycles. The highest BCUT2D eigenvalue weighted by atomic mass is 16.3. The Labute approximate surface area is 94.7 Å². The number of aliphatic hydroxyl groups excluding tert-OH is 1. The second-order valence-corrected chi connectivity index (χ2v) is 5.63. The number of likely N-dealkylation sites (N-methyl/N-ethyl adjacent to an activating group) is 1. The second-order valence-electron chi connectivity index (χ2n) is 5.63. The zero-order valence-electron chi connectivity index (χ0n) is 11.0. The van der Waals surface area contributed by atoms with Gasteiger partial charge in [0.15, 0.2) is 0 Å². The van der Waals surface area contributed by atoms with Crippen molar-refractivity contribution < 1.29 is 5.11 Å². The van der Waals surface area contributed by atoms with Crippen molar-refractivity contribution in [3.05, 3.63) is 0 Å². The van der Waals surface area contributed by atoms with Gasteiger partial charge in [-0.1, -0.05) is 27.7 Å². The van der Waals surface area contributed by atoms with E-state index < -0.39 is 0 Å². The van der Waals surface area contributed by atoms with Crippen LogP contribution in [-0.4, -0.2) is 34.7 Å². The van der Waals surface area contributed by atoms with Gasteiger partial charge in [0.05, 0.1) is 6.10 Å². The minimum atomic E-state index is -0.161. The molecule has 0 saturated heterocycles. The molecule has 0 bridgehead atoms. The van der Waals surface area contributed by atoms with Crippen LogP contribution in [0.5, 0.6) is 0 Å². The fourth-order valence-corrected chi connectivity index (χ4v) is 2.80. The van der Waals surface area contributed by atoms with Crippen LogP contribution in [0.3, 0.4) is 0 Å². The summed E-state index contributed by atoms with van der Waals surface area (Å²) in [7, 11) is 0. The van der Waals surface area contributed by atoms with Crippen molar-refractivity contribution in [1.29, 1.82) is 0 Å². The van der Waals surface area contributed by atoms with E-state index in [0.29, 0.717) is 12.1 Å². The van der Waals surface area contributed by atoms with Crippen molar-refractivity contribution in [2.24, 2.45) is 5.41 Å². The maximum Gasteiger partial charge on any atom is 0.0746 e. The van der Waals surface area contributed by atoms with Gasteiger partial charge in [0.2, 0.25) is 0 Å². The van der Waals surface area contributed by atoms with E-state index in [2.05, 4.69) is 39.5 Å². The van der Waals surface area contributed by atoms with E-state index >= 15 is 0 Å². The lowest BCUT2D eigenvalue weighted by atomic mass is 9.88. The van der Waals surface area contributed by atoms with E-state index in [-0.39, 0.29) is 11.5 Å². The maximum absolute atomic E-state index is 10.3. The van der Waals surface area contributed by atoms with Crippen molar-refractivity contribution in [1.82, 2.24) is 4.90 Å². The predicted molar refractivity (Wildman–Crippen MR) is 64.9 cm³/mol. The molecule has 0 heterocycles. The Hall–Kier alpha value is -0.0800. The van der Waals surface area contributed by atoms with Crippen LogP contribution in [0, 0.1) is 5.41 Å². The summed E-state index contributed by atoms with van der Waals surface area (Å²) in [5.41, 5.74) is 0.103. The summed E-state index contributed by atoms with van der Waals surface area (Å²) >= 11 is 0. The van der Waals surface area contributed by atoms with Crippen LogP contribution in [0.25, 0.3) is 0 Å². The van der Waals surface area contributed by atoms with Gasteiger partial charge >= 0.3 is 0 Å². The molecule has 1 aliphatic rings. The Morgan fingerprint density at radius 1 is 1.40 bits per heavy atom. The Bertz CT molecular complexity index is 203. The van der Waals surface area contributed by atoms with Crippen molar-refractivity contribution in [3.8, 4) is 0 Å². The summed E-state index contributed by atoms with van der Waals surface area (Å²) in [6.45, 7) is 12.1. The number of hydrogen-bond donors (Lipinski definition) is 1. The summed E-state index contributed by atoms with van der Waals surface area (Å²) in [6, 6.07) is 0.962. The third-order valence-electron chi connectivity index (χ3n) is 4.20. The Kier molecular flexibility index (Phi) is 4.19. The second kappa shape index (κ2) is 4.84. The topological polar surface area (TPSA) is 23.5 Å². The Morgan fingerprint density at radius 2 is 2.00 bits per heavy atom. The van der Waals surface area contributed by atoms with Gasteiger partial charge in [-0.25, -0.2) is 0 Å². The smallest absolute Gasteiger partial charge is 0.0746 e. The van der Waals surface area contributed by atoms with Crippen LogP contribution in [0.4, 0.5) is 0 Å². The van der Waals surface area contributed by atoms with E-state index in [1.54, 1.807) is 0 Å². The van der Waals surface area contributed by atoms with Crippen LogP contribution < -0.4 is 0 Å². The van der Waals surface area contributed by atoms with E-state index in [4.69, 9.17) is 0 Å². The van der Waals surface area contributed by atoms with Gasteiger partial charge in [0.1, 0.15) is 0 Å². The zero-order chi connectivity index (χ0) is 11.6. The van der Waals surface area contributed by atoms with Gasteiger partial charge in [-0.05, 0) is 38.1 Å². The minimum absolute atomic E-state index is 0.103. The average Bonchev–Trinajstić information content (AvgIpc) is 2.46. The molecule has 0 radical (unpaired) electrons. The largest absolute Gasteiger partial charge is 0.391 e. The van der Waals surface area contributed by atoms with Crippen LogP contribution in [0.15, 0.2) is 0 Å². The first-order valence-electron chi connectivity index (χ1n) is 6.37. The first-order valence-corrected chi connectivity index (χ1v) is 6.37. The number of aliphatic hydroxyl groups is 1. The Morgan fingerprint density at radius 3 is 2.33 bits per heavy atom. The first-order chi connectivity index (χ1) is 6.94. The summed E-state index contributed by atoms with van der Waals surface area (Å²) in [5, 5.41) is 10.3. The molecule has 0 amide bonds. The fourth-order valence-electron chi connectivity index (χ4n) is 2.80. The van der Waals surface area contributed by atoms with Crippen LogP contribution in [-0.2, 0) is 0 Å². The lowest BCUT2D eigenvalue weighted by Crippen LogP contribution is -2.47. The van der Waals surface area contributed by atoms with Crippen molar-refractivity contribution >= 4 is 0 Å². The zero-order valence-corrected chi connectivity index (χ0v) is 11.0. The van der Waals surface area contributed by atoms with Crippen LogP contribution >= 0.6 is 0 Å². The molecule has 15 heavy (non-hydrogen) atoms. The molecule has 0 aliphatic heterocycles. The molecule has 0 aromatic carbocycles. The van der Waals surface area contributed by atoms with Crippen LogP contribution in [0.1, 0.15) is 53.9 Å². The molecule has 3 unspecified atom stereocenters. The highest BCUT2D eigenvalue weighted by molar-refractivity contribution is 4.97. The first kappa shape index (κ1) is 13.0. The molecule has 1 fully saturated rings. The molecule has 3 atom stereocenters. The number of nitrogens with zero attached hydrogens (tertiary/aromatic N) is 1. The molecule has 1 aliphatic carbocycles. The van der Waals surface area contributed by atoms with Crippen molar-refractivity contribution in [2.45, 2.75) is 72.1 Å². The Balaban J connectivity index is 2.71. The van der Waals surface area contributed by atoms with Gasteiger partial charge in [-0.2, -0.15) is 0 Å². The monoisotopic (exact) mass is 213 g/mol. The highest BCUT2D eigenvalue weighted by Gasteiger charge is 2.43. The molecule has 1 rings (SSSR count). The van der Waals surface area contributed by atoms with Gasteiger partial charge in [-0.3, -0.25) is 4.90 Å². The maximum atomic E-state index is 10.3. The molecule has 90 valence electrons.